The number of aryl methyl sites for hydroxylation is 1. The van der Waals surface area contributed by atoms with Crippen LogP contribution in [0.1, 0.15) is 15.9 Å². The van der Waals surface area contributed by atoms with Gasteiger partial charge in [0.05, 0.1) is 15.2 Å². The van der Waals surface area contributed by atoms with Crippen LogP contribution in [0.2, 0.25) is 5.02 Å². The highest BCUT2D eigenvalue weighted by atomic mass is 35.5. The second-order valence-corrected chi connectivity index (χ2v) is 9.95. The molecule has 0 bridgehead atoms. The van der Waals surface area contributed by atoms with Crippen molar-refractivity contribution in [1.82, 2.24) is 15.2 Å². The van der Waals surface area contributed by atoms with Crippen LogP contribution in [-0.4, -0.2) is 55.1 Å². The summed E-state index contributed by atoms with van der Waals surface area (Å²) in [7, 11) is 0. The van der Waals surface area contributed by atoms with E-state index in [1.54, 1.807) is 23.5 Å². The van der Waals surface area contributed by atoms with Crippen molar-refractivity contribution in [2.75, 3.05) is 44.2 Å². The molecule has 0 saturated carbocycles. The monoisotopic (exact) mass is 506 g/mol. The number of ether oxygens (including phenoxy) is 1. The molecule has 4 aromatic rings. The molecule has 0 aliphatic carbocycles. The molecule has 1 fully saturated rings. The minimum Gasteiger partial charge on any atom is -0.457 e. The van der Waals surface area contributed by atoms with Crippen molar-refractivity contribution >= 4 is 44.2 Å². The number of piperazine rings is 1. The first-order chi connectivity index (χ1) is 17.1. The molecule has 0 radical (unpaired) electrons. The maximum Gasteiger partial charge on any atom is 0.251 e. The lowest BCUT2D eigenvalue weighted by molar-refractivity contribution is 0.0948. The lowest BCUT2D eigenvalue weighted by atomic mass is 10.2. The van der Waals surface area contributed by atoms with Crippen LogP contribution < -0.4 is 15.0 Å². The SMILES string of the molecule is Cc1ccc(Cl)c2sc(N3CCN(CCNC(=O)c4ccc(Oc5ccccc5)cc4)CC3)nc12. The van der Waals surface area contributed by atoms with E-state index in [2.05, 4.69) is 22.0 Å². The Morgan fingerprint density at radius 3 is 2.43 bits per heavy atom. The molecule has 6 nitrogen and oxygen atoms in total. The Morgan fingerprint density at radius 1 is 1.00 bits per heavy atom. The van der Waals surface area contributed by atoms with Gasteiger partial charge in [-0.3, -0.25) is 9.69 Å². The molecule has 1 amide bonds. The summed E-state index contributed by atoms with van der Waals surface area (Å²) < 4.78 is 6.85. The molecule has 180 valence electrons. The van der Waals surface area contributed by atoms with Gasteiger partial charge in [0, 0.05) is 44.8 Å². The maximum absolute atomic E-state index is 12.5. The Kier molecular flexibility index (Phi) is 7.18. The molecule has 1 saturated heterocycles. The summed E-state index contributed by atoms with van der Waals surface area (Å²) in [6.45, 7) is 7.19. The number of fused-ring (bicyclic) bond motifs is 1. The first kappa shape index (κ1) is 23.6. The quantitative estimate of drug-likeness (QED) is 0.353. The zero-order valence-corrected chi connectivity index (χ0v) is 21.1. The van der Waals surface area contributed by atoms with Crippen LogP contribution in [0.3, 0.4) is 0 Å². The predicted octanol–water partition coefficient (Wildman–Crippen LogP) is 5.60. The van der Waals surface area contributed by atoms with Crippen LogP contribution in [0.5, 0.6) is 11.5 Å². The van der Waals surface area contributed by atoms with E-state index in [-0.39, 0.29) is 5.91 Å². The number of nitrogens with one attached hydrogen (secondary N) is 1. The number of thiazole rings is 1. The summed E-state index contributed by atoms with van der Waals surface area (Å²) >= 11 is 8.04. The largest absolute Gasteiger partial charge is 0.457 e. The third-order valence-electron chi connectivity index (χ3n) is 6.14. The van der Waals surface area contributed by atoms with E-state index in [0.29, 0.717) is 17.9 Å². The molecule has 0 spiro atoms. The van der Waals surface area contributed by atoms with Gasteiger partial charge in [-0.25, -0.2) is 4.98 Å². The van der Waals surface area contributed by atoms with Crippen molar-refractivity contribution in [3.05, 3.63) is 82.9 Å². The summed E-state index contributed by atoms with van der Waals surface area (Å²) in [5.74, 6) is 1.40. The van der Waals surface area contributed by atoms with Gasteiger partial charge in [-0.2, -0.15) is 0 Å². The van der Waals surface area contributed by atoms with Crippen molar-refractivity contribution in [3.8, 4) is 11.5 Å². The van der Waals surface area contributed by atoms with Crippen LogP contribution in [0.4, 0.5) is 5.13 Å². The number of aromatic nitrogens is 1. The van der Waals surface area contributed by atoms with Gasteiger partial charge in [-0.1, -0.05) is 47.2 Å². The number of anilines is 1. The number of benzene rings is 3. The second-order valence-electron chi connectivity index (χ2n) is 8.56. The number of para-hydroxylation sites is 1. The van der Waals surface area contributed by atoms with Gasteiger partial charge >= 0.3 is 0 Å². The smallest absolute Gasteiger partial charge is 0.251 e. The fraction of sp³-hybridized carbons (Fsp3) is 0.259. The molecule has 0 atom stereocenters. The Labute approximate surface area is 214 Å². The highest BCUT2D eigenvalue weighted by Crippen LogP contribution is 2.35. The first-order valence-corrected chi connectivity index (χ1v) is 12.9. The van der Waals surface area contributed by atoms with E-state index >= 15 is 0 Å². The van der Waals surface area contributed by atoms with Gasteiger partial charge in [0.1, 0.15) is 11.5 Å². The van der Waals surface area contributed by atoms with Gasteiger partial charge in [0.15, 0.2) is 5.13 Å². The molecule has 1 N–H and O–H groups in total. The maximum atomic E-state index is 12.5. The number of hydrogen-bond donors (Lipinski definition) is 1. The lowest BCUT2D eigenvalue weighted by Gasteiger charge is -2.34. The zero-order chi connectivity index (χ0) is 24.2. The van der Waals surface area contributed by atoms with E-state index < -0.39 is 0 Å². The van der Waals surface area contributed by atoms with Gasteiger partial charge in [0.25, 0.3) is 5.91 Å². The topological polar surface area (TPSA) is 57.7 Å². The molecule has 35 heavy (non-hydrogen) atoms. The van der Waals surface area contributed by atoms with Gasteiger partial charge in [0.2, 0.25) is 0 Å². The van der Waals surface area contributed by atoms with Crippen LogP contribution in [-0.2, 0) is 0 Å². The molecule has 5 rings (SSSR count). The summed E-state index contributed by atoms with van der Waals surface area (Å²) in [5.41, 5.74) is 2.78. The van der Waals surface area contributed by atoms with Gasteiger partial charge < -0.3 is 15.0 Å². The highest BCUT2D eigenvalue weighted by molar-refractivity contribution is 7.22. The van der Waals surface area contributed by atoms with Crippen molar-refractivity contribution in [3.63, 3.8) is 0 Å². The molecule has 1 aliphatic rings. The molecule has 2 heterocycles. The molecule has 1 aliphatic heterocycles. The minimum atomic E-state index is -0.0726. The molecule has 1 aromatic heterocycles. The van der Waals surface area contributed by atoms with E-state index in [1.807, 2.05) is 54.6 Å². The Morgan fingerprint density at radius 2 is 1.71 bits per heavy atom. The molecular formula is C27H27ClN4O2S. The van der Waals surface area contributed by atoms with E-state index in [1.165, 1.54) is 0 Å². The second kappa shape index (κ2) is 10.6. The number of amides is 1. The molecule has 8 heteroatoms. The van der Waals surface area contributed by atoms with Crippen LogP contribution in [0.15, 0.2) is 66.7 Å². The van der Waals surface area contributed by atoms with Crippen molar-refractivity contribution in [2.45, 2.75) is 6.92 Å². The fourth-order valence-electron chi connectivity index (χ4n) is 4.12. The summed E-state index contributed by atoms with van der Waals surface area (Å²) in [4.78, 5) is 22.1. The fourth-order valence-corrected chi connectivity index (χ4v) is 5.49. The average Bonchev–Trinajstić information content (AvgIpc) is 3.35. The number of halogens is 1. The number of carbonyl (C=O) groups is 1. The van der Waals surface area contributed by atoms with Crippen LogP contribution in [0, 0.1) is 6.92 Å². The van der Waals surface area contributed by atoms with Crippen LogP contribution >= 0.6 is 22.9 Å². The van der Waals surface area contributed by atoms with Gasteiger partial charge in [-0.15, -0.1) is 0 Å². The average molecular weight is 507 g/mol. The summed E-state index contributed by atoms with van der Waals surface area (Å²) in [6.07, 6.45) is 0. The Balaban J connectivity index is 1.07. The van der Waals surface area contributed by atoms with E-state index in [0.717, 1.165) is 64.4 Å². The normalized spacial score (nSPS) is 14.3. The van der Waals surface area contributed by atoms with Crippen LogP contribution in [0.25, 0.3) is 10.2 Å². The summed E-state index contributed by atoms with van der Waals surface area (Å²) in [5, 5.41) is 4.83. The van der Waals surface area contributed by atoms with E-state index in [4.69, 9.17) is 21.3 Å². The number of hydrogen-bond acceptors (Lipinski definition) is 6. The zero-order valence-electron chi connectivity index (χ0n) is 19.5. The lowest BCUT2D eigenvalue weighted by Crippen LogP contribution is -2.48. The first-order valence-electron chi connectivity index (χ1n) is 11.7. The minimum absolute atomic E-state index is 0.0726. The third-order valence-corrected chi connectivity index (χ3v) is 7.71. The van der Waals surface area contributed by atoms with E-state index in [9.17, 15) is 4.79 Å². The van der Waals surface area contributed by atoms with Gasteiger partial charge in [-0.05, 0) is 55.0 Å². The summed E-state index contributed by atoms with van der Waals surface area (Å²) in [6, 6.07) is 20.8. The standard InChI is InChI=1S/C27H27ClN4O2S/c1-19-7-12-23(28)25-24(19)30-27(35-25)32-17-15-31(16-18-32)14-13-29-26(33)20-8-10-22(11-9-20)34-21-5-3-2-4-6-21/h2-12H,13-18H2,1H3,(H,29,33). The van der Waals surface area contributed by atoms with Crippen molar-refractivity contribution in [1.29, 1.82) is 0 Å². The van der Waals surface area contributed by atoms with Crippen molar-refractivity contribution in [2.24, 2.45) is 0 Å². The highest BCUT2D eigenvalue weighted by Gasteiger charge is 2.21. The Hall–Kier alpha value is -3.13. The molecule has 0 unspecified atom stereocenters. The predicted molar refractivity (Wildman–Crippen MR) is 143 cm³/mol. The van der Waals surface area contributed by atoms with Crippen molar-refractivity contribution < 1.29 is 9.53 Å². The third kappa shape index (κ3) is 5.59. The Bertz CT molecular complexity index is 1260. The number of rotatable bonds is 7. The number of carbonyl (C=O) groups excluding carboxylic acids is 1. The molecule has 3 aromatic carbocycles. The molecular weight excluding hydrogens is 480 g/mol. The number of nitrogens with zero attached hydrogens (tertiary/aromatic N) is 3.